The summed E-state index contributed by atoms with van der Waals surface area (Å²) in [6.45, 7) is 5.20. The first-order valence-electron chi connectivity index (χ1n) is 9.36. The molecule has 0 heterocycles. The highest BCUT2D eigenvalue weighted by atomic mass is 19.4. The molecule has 2 atom stereocenters. The van der Waals surface area contributed by atoms with E-state index in [0.29, 0.717) is 5.70 Å². The molecule has 0 radical (unpaired) electrons. The quantitative estimate of drug-likeness (QED) is 0.574. The molecule has 0 bridgehead atoms. The Bertz CT molecular complexity index is 729. The Kier molecular flexibility index (Phi) is 5.31. The SMILES string of the molecule is C=C(NCC(F)(F)F)C1(CCCCC)C2=CC=CCC2c2ccccc21. The molecule has 26 heavy (non-hydrogen) atoms. The molecule has 4 heteroatoms. The van der Waals surface area contributed by atoms with Crippen molar-refractivity contribution in [3.8, 4) is 0 Å². The highest BCUT2D eigenvalue weighted by molar-refractivity contribution is 5.61. The van der Waals surface area contributed by atoms with E-state index in [-0.39, 0.29) is 5.92 Å². The molecule has 1 aromatic rings. The number of rotatable bonds is 7. The van der Waals surface area contributed by atoms with Crippen molar-refractivity contribution in [2.75, 3.05) is 6.54 Å². The molecule has 3 rings (SSSR count). The van der Waals surface area contributed by atoms with Gasteiger partial charge in [-0.1, -0.05) is 75.3 Å². The maximum atomic E-state index is 12.8. The van der Waals surface area contributed by atoms with Crippen molar-refractivity contribution in [1.82, 2.24) is 5.32 Å². The van der Waals surface area contributed by atoms with Gasteiger partial charge in [-0.05, 0) is 29.5 Å². The van der Waals surface area contributed by atoms with Crippen LogP contribution in [0.3, 0.4) is 0 Å². The molecular formula is C22H26F3N. The van der Waals surface area contributed by atoms with E-state index in [1.54, 1.807) is 0 Å². The fourth-order valence-electron chi connectivity index (χ4n) is 4.47. The third-order valence-electron chi connectivity index (χ3n) is 5.62. The number of hydrogen-bond donors (Lipinski definition) is 1. The van der Waals surface area contributed by atoms with E-state index in [4.69, 9.17) is 0 Å². The van der Waals surface area contributed by atoms with Gasteiger partial charge in [0, 0.05) is 11.6 Å². The van der Waals surface area contributed by atoms with Crippen molar-refractivity contribution in [3.63, 3.8) is 0 Å². The number of allylic oxidation sites excluding steroid dienone is 4. The van der Waals surface area contributed by atoms with Crippen LogP contribution in [0.4, 0.5) is 13.2 Å². The fraction of sp³-hybridized carbons (Fsp3) is 0.455. The lowest BCUT2D eigenvalue weighted by atomic mass is 9.70. The first kappa shape index (κ1) is 18.8. The molecule has 140 valence electrons. The first-order valence-corrected chi connectivity index (χ1v) is 9.36. The number of benzene rings is 1. The zero-order chi connectivity index (χ0) is 18.8. The van der Waals surface area contributed by atoms with Crippen molar-refractivity contribution in [2.45, 2.75) is 56.5 Å². The van der Waals surface area contributed by atoms with Crippen molar-refractivity contribution in [1.29, 1.82) is 0 Å². The average Bonchev–Trinajstić information content (AvgIpc) is 2.91. The predicted molar refractivity (Wildman–Crippen MR) is 100 cm³/mol. The van der Waals surface area contributed by atoms with Gasteiger partial charge in [0.15, 0.2) is 0 Å². The van der Waals surface area contributed by atoms with Gasteiger partial charge in [0.25, 0.3) is 0 Å². The topological polar surface area (TPSA) is 12.0 Å². The average molecular weight is 361 g/mol. The third-order valence-corrected chi connectivity index (χ3v) is 5.62. The maximum absolute atomic E-state index is 12.8. The molecule has 0 aliphatic heterocycles. The third kappa shape index (κ3) is 3.34. The zero-order valence-corrected chi connectivity index (χ0v) is 15.2. The van der Waals surface area contributed by atoms with Crippen molar-refractivity contribution in [2.24, 2.45) is 0 Å². The van der Waals surface area contributed by atoms with Gasteiger partial charge in [-0.2, -0.15) is 13.2 Å². The molecule has 1 N–H and O–H groups in total. The minimum absolute atomic E-state index is 0.238. The number of fused-ring (bicyclic) bond motifs is 3. The van der Waals surface area contributed by atoms with Gasteiger partial charge >= 0.3 is 6.18 Å². The molecule has 0 aromatic heterocycles. The molecule has 2 aliphatic carbocycles. The highest BCUT2D eigenvalue weighted by Gasteiger charge is 2.49. The summed E-state index contributed by atoms with van der Waals surface area (Å²) in [6.07, 6.45) is 6.79. The van der Waals surface area contributed by atoms with Gasteiger partial charge in [0.1, 0.15) is 6.54 Å². The number of unbranched alkanes of at least 4 members (excludes halogenated alkanes) is 2. The Hall–Kier alpha value is -1.97. The van der Waals surface area contributed by atoms with Crippen LogP contribution in [0.1, 0.15) is 56.1 Å². The summed E-state index contributed by atoms with van der Waals surface area (Å²) < 4.78 is 38.5. The lowest BCUT2D eigenvalue weighted by molar-refractivity contribution is -0.123. The summed E-state index contributed by atoms with van der Waals surface area (Å²) in [5.41, 5.74) is 3.47. The second-order valence-corrected chi connectivity index (χ2v) is 7.24. The molecule has 2 aliphatic rings. The number of halogens is 3. The normalized spacial score (nSPS) is 24.0. The molecule has 1 aromatic carbocycles. The van der Waals surface area contributed by atoms with E-state index in [1.165, 1.54) is 11.1 Å². The molecule has 0 saturated carbocycles. The summed E-state index contributed by atoms with van der Waals surface area (Å²) >= 11 is 0. The molecule has 0 fully saturated rings. The summed E-state index contributed by atoms with van der Waals surface area (Å²) in [7, 11) is 0. The van der Waals surface area contributed by atoms with Gasteiger partial charge in [-0.3, -0.25) is 0 Å². The molecule has 0 spiro atoms. The van der Waals surface area contributed by atoms with E-state index in [9.17, 15) is 13.2 Å². The van der Waals surface area contributed by atoms with Crippen LogP contribution < -0.4 is 5.32 Å². The van der Waals surface area contributed by atoms with Crippen LogP contribution in [0.25, 0.3) is 0 Å². The van der Waals surface area contributed by atoms with Crippen LogP contribution in [0.15, 0.2) is 60.3 Å². The summed E-state index contributed by atoms with van der Waals surface area (Å²) in [6, 6.07) is 8.19. The number of nitrogens with one attached hydrogen (secondary N) is 1. The molecule has 1 nitrogen and oxygen atoms in total. The Balaban J connectivity index is 2.05. The zero-order valence-electron chi connectivity index (χ0n) is 15.2. The van der Waals surface area contributed by atoms with E-state index >= 15 is 0 Å². The standard InChI is InChI=1S/C22H26F3N/c1-3-4-9-14-21(16(2)26-15-22(23,24)25)19-12-7-5-10-17(19)18-11-6-8-13-20(18)21/h5-8,10,12-13,18,26H,2-4,9,11,14-15H2,1H3. The first-order chi connectivity index (χ1) is 12.4. The molecule has 0 amide bonds. The summed E-state index contributed by atoms with van der Waals surface area (Å²) in [4.78, 5) is 0. The second kappa shape index (κ2) is 7.34. The van der Waals surface area contributed by atoms with Crippen LogP contribution >= 0.6 is 0 Å². The predicted octanol–water partition coefficient (Wildman–Crippen LogP) is 6.15. The second-order valence-electron chi connectivity index (χ2n) is 7.24. The molecule has 2 unspecified atom stereocenters. The van der Waals surface area contributed by atoms with Crippen molar-refractivity contribution in [3.05, 3.63) is 71.5 Å². The smallest absolute Gasteiger partial charge is 0.379 e. The number of alkyl halides is 3. The van der Waals surface area contributed by atoms with E-state index in [0.717, 1.165) is 37.7 Å². The van der Waals surface area contributed by atoms with Gasteiger partial charge < -0.3 is 5.32 Å². The van der Waals surface area contributed by atoms with E-state index < -0.39 is 18.1 Å². The largest absolute Gasteiger partial charge is 0.405 e. The summed E-state index contributed by atoms with van der Waals surface area (Å²) in [5, 5.41) is 2.62. The van der Waals surface area contributed by atoms with E-state index in [1.807, 2.05) is 18.2 Å². The van der Waals surface area contributed by atoms with Crippen molar-refractivity contribution >= 4 is 0 Å². The van der Waals surface area contributed by atoms with Gasteiger partial charge in [0.05, 0.1) is 5.41 Å². The van der Waals surface area contributed by atoms with Crippen LogP contribution in [-0.4, -0.2) is 12.7 Å². The Morgan fingerprint density at radius 2 is 2.04 bits per heavy atom. The van der Waals surface area contributed by atoms with Crippen LogP contribution in [0.5, 0.6) is 0 Å². The monoisotopic (exact) mass is 361 g/mol. The van der Waals surface area contributed by atoms with Crippen LogP contribution in [0, 0.1) is 0 Å². The lowest BCUT2D eigenvalue weighted by Crippen LogP contribution is -2.39. The van der Waals surface area contributed by atoms with Crippen LogP contribution in [-0.2, 0) is 5.41 Å². The Morgan fingerprint density at radius 1 is 1.27 bits per heavy atom. The van der Waals surface area contributed by atoms with Crippen LogP contribution in [0.2, 0.25) is 0 Å². The van der Waals surface area contributed by atoms with Gasteiger partial charge in [-0.25, -0.2) is 0 Å². The van der Waals surface area contributed by atoms with Gasteiger partial charge in [-0.15, -0.1) is 0 Å². The summed E-state index contributed by atoms with van der Waals surface area (Å²) in [5.74, 6) is 0.238. The minimum Gasteiger partial charge on any atom is -0.379 e. The number of hydrogen-bond acceptors (Lipinski definition) is 1. The molecular weight excluding hydrogens is 335 g/mol. The van der Waals surface area contributed by atoms with Crippen molar-refractivity contribution < 1.29 is 13.2 Å². The maximum Gasteiger partial charge on any atom is 0.405 e. The Labute approximate surface area is 153 Å². The lowest BCUT2D eigenvalue weighted by Gasteiger charge is -2.37. The Morgan fingerprint density at radius 3 is 2.77 bits per heavy atom. The fourth-order valence-corrected chi connectivity index (χ4v) is 4.47. The molecule has 0 saturated heterocycles. The van der Waals surface area contributed by atoms with E-state index in [2.05, 4.69) is 43.1 Å². The van der Waals surface area contributed by atoms with Gasteiger partial charge in [0.2, 0.25) is 0 Å². The highest BCUT2D eigenvalue weighted by Crippen LogP contribution is 2.57. The minimum atomic E-state index is -4.26.